The first kappa shape index (κ1) is 19.5. The van der Waals surface area contributed by atoms with Gasteiger partial charge in [0.05, 0.1) is 6.42 Å². The minimum atomic E-state index is -4.09. The Kier molecular flexibility index (Phi) is 5.10. The second kappa shape index (κ2) is 7.57. The normalized spacial score (nSPS) is 15.7. The number of rotatable bonds is 4. The Morgan fingerprint density at radius 2 is 1.76 bits per heavy atom. The van der Waals surface area contributed by atoms with Crippen LogP contribution in [0.3, 0.4) is 0 Å². The van der Waals surface area contributed by atoms with Gasteiger partial charge in [0.15, 0.2) is 0 Å². The predicted octanol–water partition coefficient (Wildman–Crippen LogP) is 2.52. The first-order chi connectivity index (χ1) is 13.9. The molecule has 1 aliphatic heterocycles. The highest BCUT2D eigenvalue weighted by atomic mass is 32.2. The zero-order chi connectivity index (χ0) is 20.6. The molecule has 6 nitrogen and oxygen atoms in total. The fourth-order valence-corrected chi connectivity index (χ4v) is 5.02. The van der Waals surface area contributed by atoms with E-state index in [2.05, 4.69) is 4.98 Å². The fourth-order valence-electron chi connectivity index (χ4n) is 3.55. The second-order valence-corrected chi connectivity index (χ2v) is 8.80. The van der Waals surface area contributed by atoms with E-state index in [-0.39, 0.29) is 38.5 Å². The number of piperazine rings is 1. The van der Waals surface area contributed by atoms with E-state index in [9.17, 15) is 22.0 Å². The number of benzene rings is 2. The first-order valence-corrected chi connectivity index (χ1v) is 10.6. The number of H-pyrrole nitrogens is 1. The van der Waals surface area contributed by atoms with Crippen LogP contribution in [-0.2, 0) is 21.2 Å². The van der Waals surface area contributed by atoms with Crippen molar-refractivity contribution < 1.29 is 22.0 Å². The van der Waals surface area contributed by atoms with Crippen LogP contribution in [0, 0.1) is 11.6 Å². The molecule has 2 heterocycles. The molecule has 0 atom stereocenters. The van der Waals surface area contributed by atoms with E-state index in [1.807, 2.05) is 24.3 Å². The summed E-state index contributed by atoms with van der Waals surface area (Å²) in [5.41, 5.74) is 1.83. The summed E-state index contributed by atoms with van der Waals surface area (Å²) in [7, 11) is -4.09. The maximum Gasteiger partial charge on any atom is 0.246 e. The number of carbonyl (C=O) groups excluding carboxylic acids is 1. The molecule has 0 bridgehead atoms. The quantitative estimate of drug-likeness (QED) is 0.706. The van der Waals surface area contributed by atoms with Gasteiger partial charge in [0, 0.05) is 49.3 Å². The fraction of sp³-hybridized carbons (Fsp3) is 0.250. The van der Waals surface area contributed by atoms with Gasteiger partial charge in [-0.25, -0.2) is 17.2 Å². The van der Waals surface area contributed by atoms with Crippen molar-refractivity contribution in [1.29, 1.82) is 0 Å². The molecule has 3 aromatic rings. The van der Waals surface area contributed by atoms with Crippen LogP contribution in [0.2, 0.25) is 0 Å². The van der Waals surface area contributed by atoms with Crippen LogP contribution < -0.4 is 0 Å². The molecule has 0 aliphatic carbocycles. The Bertz CT molecular complexity index is 1170. The van der Waals surface area contributed by atoms with Gasteiger partial charge in [-0.15, -0.1) is 0 Å². The van der Waals surface area contributed by atoms with E-state index in [0.29, 0.717) is 6.07 Å². The molecule has 1 aromatic heterocycles. The van der Waals surface area contributed by atoms with E-state index >= 15 is 0 Å². The zero-order valence-corrected chi connectivity index (χ0v) is 16.3. The summed E-state index contributed by atoms with van der Waals surface area (Å²) < 4.78 is 53.4. The lowest BCUT2D eigenvalue weighted by Crippen LogP contribution is -2.51. The highest BCUT2D eigenvalue weighted by Gasteiger charge is 2.32. The van der Waals surface area contributed by atoms with Crippen LogP contribution in [0.4, 0.5) is 8.78 Å². The van der Waals surface area contributed by atoms with Crippen molar-refractivity contribution in [3.05, 3.63) is 65.9 Å². The number of carbonyl (C=O) groups is 1. The lowest BCUT2D eigenvalue weighted by molar-refractivity contribution is -0.131. The number of para-hydroxylation sites is 1. The van der Waals surface area contributed by atoms with Crippen LogP contribution in [-0.4, -0.2) is 54.7 Å². The van der Waals surface area contributed by atoms with Crippen molar-refractivity contribution in [2.24, 2.45) is 0 Å². The molecular weight excluding hydrogens is 400 g/mol. The van der Waals surface area contributed by atoms with Crippen molar-refractivity contribution in [3.8, 4) is 0 Å². The number of halogens is 2. The Morgan fingerprint density at radius 3 is 2.48 bits per heavy atom. The van der Waals surface area contributed by atoms with Gasteiger partial charge >= 0.3 is 0 Å². The largest absolute Gasteiger partial charge is 0.361 e. The Labute approximate surface area is 166 Å². The number of sulfonamides is 1. The molecule has 152 valence electrons. The third-order valence-electron chi connectivity index (χ3n) is 5.12. The van der Waals surface area contributed by atoms with E-state index in [1.165, 1.54) is 0 Å². The molecule has 29 heavy (non-hydrogen) atoms. The van der Waals surface area contributed by atoms with Crippen LogP contribution in [0.5, 0.6) is 0 Å². The lowest BCUT2D eigenvalue weighted by Gasteiger charge is -2.34. The van der Waals surface area contributed by atoms with Crippen molar-refractivity contribution in [1.82, 2.24) is 14.2 Å². The van der Waals surface area contributed by atoms with Crippen LogP contribution in [0.1, 0.15) is 5.56 Å². The molecule has 1 fully saturated rings. The van der Waals surface area contributed by atoms with Crippen molar-refractivity contribution in [2.45, 2.75) is 11.3 Å². The number of fused-ring (bicyclic) bond motifs is 1. The summed E-state index contributed by atoms with van der Waals surface area (Å²) in [5.74, 6) is -2.06. The number of nitrogens with one attached hydrogen (secondary N) is 1. The minimum Gasteiger partial charge on any atom is -0.361 e. The van der Waals surface area contributed by atoms with E-state index in [0.717, 1.165) is 32.9 Å². The van der Waals surface area contributed by atoms with Gasteiger partial charge in [0.25, 0.3) is 0 Å². The standard InChI is InChI=1S/C20H19F2N3O3S/c21-15-5-6-19(17(22)12-15)29(27,28)25-9-7-24(8-10-25)20(26)11-14-13-23-18-4-2-1-3-16(14)18/h1-6,12-13,23H,7-11H2. The number of hydrogen-bond acceptors (Lipinski definition) is 3. The van der Waals surface area contributed by atoms with Crippen molar-refractivity contribution in [2.75, 3.05) is 26.2 Å². The summed E-state index contributed by atoms with van der Waals surface area (Å²) in [6, 6.07) is 10.1. The predicted molar refractivity (Wildman–Crippen MR) is 104 cm³/mol. The van der Waals surface area contributed by atoms with Crippen molar-refractivity contribution >= 4 is 26.8 Å². The summed E-state index contributed by atoms with van der Waals surface area (Å²) in [5, 5.41) is 0.980. The maximum absolute atomic E-state index is 13.9. The van der Waals surface area contributed by atoms with E-state index < -0.39 is 26.6 Å². The average Bonchev–Trinajstić information content (AvgIpc) is 3.11. The third kappa shape index (κ3) is 3.75. The van der Waals surface area contributed by atoms with Gasteiger partial charge in [-0.05, 0) is 23.8 Å². The molecule has 0 radical (unpaired) electrons. The number of amides is 1. The van der Waals surface area contributed by atoms with E-state index in [1.54, 1.807) is 11.1 Å². The second-order valence-electron chi connectivity index (χ2n) is 6.90. The zero-order valence-electron chi connectivity index (χ0n) is 15.4. The van der Waals surface area contributed by atoms with Crippen LogP contribution >= 0.6 is 0 Å². The van der Waals surface area contributed by atoms with Crippen LogP contribution in [0.25, 0.3) is 10.9 Å². The number of nitrogens with zero attached hydrogens (tertiary/aromatic N) is 2. The smallest absolute Gasteiger partial charge is 0.246 e. The summed E-state index contributed by atoms with van der Waals surface area (Å²) >= 11 is 0. The van der Waals surface area contributed by atoms with Gasteiger partial charge in [0.2, 0.25) is 15.9 Å². The topological polar surface area (TPSA) is 73.5 Å². The minimum absolute atomic E-state index is 0.0543. The van der Waals surface area contributed by atoms with E-state index in [4.69, 9.17) is 0 Å². The molecule has 2 aromatic carbocycles. The number of aromatic amines is 1. The Hall–Kier alpha value is -2.78. The Balaban J connectivity index is 1.43. The van der Waals surface area contributed by atoms with Gasteiger partial charge in [-0.1, -0.05) is 18.2 Å². The molecule has 1 amide bonds. The van der Waals surface area contributed by atoms with Crippen molar-refractivity contribution in [3.63, 3.8) is 0 Å². The first-order valence-electron chi connectivity index (χ1n) is 9.14. The molecule has 1 N–H and O–H groups in total. The van der Waals surface area contributed by atoms with Gasteiger partial charge in [-0.2, -0.15) is 4.31 Å². The average molecular weight is 419 g/mol. The summed E-state index contributed by atoms with van der Waals surface area (Å²) in [6.45, 7) is 0.532. The third-order valence-corrected chi connectivity index (χ3v) is 7.05. The molecule has 1 aliphatic rings. The van der Waals surface area contributed by atoms with Gasteiger partial charge < -0.3 is 9.88 Å². The molecule has 4 rings (SSSR count). The lowest BCUT2D eigenvalue weighted by atomic mass is 10.1. The highest BCUT2D eigenvalue weighted by Crippen LogP contribution is 2.22. The molecule has 9 heteroatoms. The molecule has 0 saturated carbocycles. The number of aromatic nitrogens is 1. The summed E-state index contributed by atoms with van der Waals surface area (Å²) in [4.78, 5) is 16.8. The Morgan fingerprint density at radius 1 is 1.03 bits per heavy atom. The monoisotopic (exact) mass is 419 g/mol. The van der Waals surface area contributed by atoms with Crippen LogP contribution in [0.15, 0.2) is 53.6 Å². The summed E-state index contributed by atoms with van der Waals surface area (Å²) in [6.07, 6.45) is 2.02. The van der Waals surface area contributed by atoms with Gasteiger partial charge in [-0.3, -0.25) is 4.79 Å². The highest BCUT2D eigenvalue weighted by molar-refractivity contribution is 7.89. The SMILES string of the molecule is O=C(Cc1c[nH]c2ccccc12)N1CCN(S(=O)(=O)c2ccc(F)cc2F)CC1. The molecule has 0 spiro atoms. The maximum atomic E-state index is 13.9. The molecule has 0 unspecified atom stereocenters. The number of hydrogen-bond donors (Lipinski definition) is 1. The van der Waals surface area contributed by atoms with Gasteiger partial charge in [0.1, 0.15) is 16.5 Å². The molecular formula is C20H19F2N3O3S. The molecule has 1 saturated heterocycles.